The number of hydrogen-bond acceptors (Lipinski definition) is 4. The molecule has 0 aliphatic rings. The fourth-order valence-corrected chi connectivity index (χ4v) is 0.391. The van der Waals surface area contributed by atoms with E-state index in [0.29, 0.717) is 13.3 Å². The Hall–Kier alpha value is -0.970. The van der Waals surface area contributed by atoms with Crippen LogP contribution in [0.15, 0.2) is 0 Å². The Bertz CT molecular complexity index is 150. The van der Waals surface area contributed by atoms with Crippen molar-refractivity contribution in [2.45, 2.75) is 13.7 Å². The molecule has 0 unspecified atom stereocenters. The molecule has 5 nitrogen and oxygen atoms in total. The molecule has 0 amide bonds. The zero-order chi connectivity index (χ0) is 6.53. The van der Waals surface area contributed by atoms with Gasteiger partial charge >= 0.3 is 0 Å². The third-order valence-electron chi connectivity index (χ3n) is 0.764. The van der Waals surface area contributed by atoms with Gasteiger partial charge in [0.15, 0.2) is 6.73 Å². The molecule has 0 aromatic carbocycles. The van der Waals surface area contributed by atoms with Crippen LogP contribution in [-0.2, 0) is 11.5 Å². The lowest BCUT2D eigenvalue weighted by Crippen LogP contribution is -2.05. The Morgan fingerprint density at radius 2 is 2.56 bits per heavy atom. The minimum atomic E-state index is 0.354. The van der Waals surface area contributed by atoms with Crippen LogP contribution in [0.2, 0.25) is 0 Å². The molecule has 0 aliphatic carbocycles. The molecule has 0 bridgehead atoms. The van der Waals surface area contributed by atoms with Crippen molar-refractivity contribution < 1.29 is 4.74 Å². The molecule has 0 saturated carbocycles. The Labute approximate surface area is 52.6 Å². The van der Waals surface area contributed by atoms with Crippen LogP contribution >= 0.6 is 0 Å². The van der Waals surface area contributed by atoms with Gasteiger partial charge in [-0.25, -0.2) is 0 Å². The van der Waals surface area contributed by atoms with Crippen molar-refractivity contribution in [2.75, 3.05) is 6.61 Å². The fraction of sp³-hybridized carbons (Fsp3) is 0.750. The van der Waals surface area contributed by atoms with Crippen LogP contribution in [0.5, 0.6) is 0 Å². The minimum absolute atomic E-state index is 0.354. The van der Waals surface area contributed by atoms with Gasteiger partial charge in [-0.2, -0.15) is 0 Å². The number of tetrazole rings is 1. The van der Waals surface area contributed by atoms with Gasteiger partial charge in [0.2, 0.25) is 6.33 Å². The van der Waals surface area contributed by atoms with Crippen molar-refractivity contribution in [1.82, 2.24) is 20.2 Å². The molecule has 1 heterocycles. The summed E-state index contributed by atoms with van der Waals surface area (Å²) in [5.74, 6) is 0. The van der Waals surface area contributed by atoms with Crippen molar-refractivity contribution in [2.24, 2.45) is 0 Å². The lowest BCUT2D eigenvalue weighted by atomic mass is 10.9. The zero-order valence-electron chi connectivity index (χ0n) is 5.11. The zero-order valence-corrected chi connectivity index (χ0v) is 5.11. The van der Waals surface area contributed by atoms with E-state index >= 15 is 0 Å². The van der Waals surface area contributed by atoms with Gasteiger partial charge in [-0.05, 0) is 12.1 Å². The first-order valence-corrected chi connectivity index (χ1v) is 2.65. The van der Waals surface area contributed by atoms with Crippen LogP contribution in [0.25, 0.3) is 0 Å². The predicted octanol–water partition coefficient (Wildman–Crippen LogP) is -0.533. The molecule has 0 N–H and O–H groups in total. The third-order valence-corrected chi connectivity index (χ3v) is 0.764. The lowest BCUT2D eigenvalue weighted by Gasteiger charge is -1.95. The van der Waals surface area contributed by atoms with Gasteiger partial charge in [0.05, 0.1) is 0 Å². The van der Waals surface area contributed by atoms with E-state index in [1.165, 1.54) is 4.80 Å². The second kappa shape index (κ2) is 3.13. The Morgan fingerprint density at radius 3 is 3.11 bits per heavy atom. The van der Waals surface area contributed by atoms with Crippen molar-refractivity contribution in [1.29, 1.82) is 0 Å². The molecular formula is C4H7N4O. The maximum atomic E-state index is 4.96. The van der Waals surface area contributed by atoms with Gasteiger partial charge in [-0.1, -0.05) is 0 Å². The second-order valence-electron chi connectivity index (χ2n) is 1.38. The van der Waals surface area contributed by atoms with Gasteiger partial charge in [-0.3, -0.25) is 0 Å². The largest absolute Gasteiger partial charge is 0.358 e. The first kappa shape index (κ1) is 6.15. The predicted molar refractivity (Wildman–Crippen MR) is 28.3 cm³/mol. The summed E-state index contributed by atoms with van der Waals surface area (Å²) < 4.78 is 4.96. The molecular weight excluding hydrogens is 120 g/mol. The lowest BCUT2D eigenvalue weighted by molar-refractivity contribution is 0.0678. The van der Waals surface area contributed by atoms with E-state index in [0.717, 1.165) is 0 Å². The van der Waals surface area contributed by atoms with Crippen molar-refractivity contribution in [3.63, 3.8) is 0 Å². The first-order chi connectivity index (χ1) is 4.43. The topological polar surface area (TPSA) is 52.8 Å². The Kier molecular flexibility index (Phi) is 2.14. The quantitative estimate of drug-likeness (QED) is 0.547. The minimum Gasteiger partial charge on any atom is -0.358 e. The summed E-state index contributed by atoms with van der Waals surface area (Å²) in [6.45, 7) is 2.91. The normalized spacial score (nSPS) is 9.89. The highest BCUT2D eigenvalue weighted by atomic mass is 16.5. The summed E-state index contributed by atoms with van der Waals surface area (Å²) in [5, 5.41) is 10.5. The number of aromatic nitrogens is 4. The van der Waals surface area contributed by atoms with Crippen LogP contribution in [0.3, 0.4) is 0 Å². The number of ether oxygens (including phenoxy) is 1. The van der Waals surface area contributed by atoms with Crippen LogP contribution in [0.1, 0.15) is 6.92 Å². The monoisotopic (exact) mass is 127 g/mol. The van der Waals surface area contributed by atoms with E-state index in [9.17, 15) is 0 Å². The van der Waals surface area contributed by atoms with Gasteiger partial charge in [0, 0.05) is 6.61 Å². The van der Waals surface area contributed by atoms with E-state index in [2.05, 4.69) is 21.7 Å². The molecule has 0 aliphatic heterocycles. The molecule has 0 fully saturated rings. The van der Waals surface area contributed by atoms with E-state index in [1.54, 1.807) is 0 Å². The average Bonchev–Trinajstić information content (AvgIpc) is 2.34. The van der Waals surface area contributed by atoms with Crippen molar-refractivity contribution >= 4 is 0 Å². The van der Waals surface area contributed by atoms with Crippen molar-refractivity contribution in [3.05, 3.63) is 6.33 Å². The molecule has 49 valence electrons. The third kappa shape index (κ3) is 1.77. The fourth-order valence-electron chi connectivity index (χ4n) is 0.391. The summed E-state index contributed by atoms with van der Waals surface area (Å²) in [4.78, 5) is 1.32. The van der Waals surface area contributed by atoms with E-state index in [1.807, 2.05) is 6.92 Å². The summed E-state index contributed by atoms with van der Waals surface area (Å²) in [6.07, 6.45) is 2.31. The molecule has 9 heavy (non-hydrogen) atoms. The van der Waals surface area contributed by atoms with Gasteiger partial charge in [0.1, 0.15) is 0 Å². The highest BCUT2D eigenvalue weighted by Gasteiger charge is 1.88. The molecule has 0 saturated heterocycles. The van der Waals surface area contributed by atoms with Crippen LogP contribution in [-0.4, -0.2) is 26.8 Å². The molecule has 1 aromatic heterocycles. The molecule has 1 aromatic rings. The van der Waals surface area contributed by atoms with Gasteiger partial charge in [0.25, 0.3) is 0 Å². The molecule has 5 heteroatoms. The van der Waals surface area contributed by atoms with Gasteiger partial charge < -0.3 is 4.74 Å². The summed E-state index contributed by atoms with van der Waals surface area (Å²) in [7, 11) is 0. The number of rotatable bonds is 3. The molecule has 0 atom stereocenters. The molecule has 1 rings (SSSR count). The maximum absolute atomic E-state index is 4.96. The summed E-state index contributed by atoms with van der Waals surface area (Å²) in [5.41, 5.74) is 0. The number of nitrogens with zero attached hydrogens (tertiary/aromatic N) is 4. The van der Waals surface area contributed by atoms with E-state index in [4.69, 9.17) is 4.74 Å². The highest BCUT2D eigenvalue weighted by Crippen LogP contribution is 1.76. The first-order valence-electron chi connectivity index (χ1n) is 2.65. The average molecular weight is 127 g/mol. The SMILES string of the molecule is CCOCn1n[c]nn1. The van der Waals surface area contributed by atoms with Crippen LogP contribution in [0, 0.1) is 6.33 Å². The standard InChI is InChI=1S/C4H7N4O/c1-2-9-4-8-6-3-5-7-8/h2,4H2,1H3. The van der Waals surface area contributed by atoms with Crippen molar-refractivity contribution in [3.8, 4) is 0 Å². The maximum Gasteiger partial charge on any atom is 0.245 e. The van der Waals surface area contributed by atoms with Crippen LogP contribution < -0.4 is 0 Å². The summed E-state index contributed by atoms with van der Waals surface area (Å²) in [6, 6.07) is 0. The highest BCUT2D eigenvalue weighted by molar-refractivity contribution is 4.29. The van der Waals surface area contributed by atoms with Crippen LogP contribution in [0.4, 0.5) is 0 Å². The van der Waals surface area contributed by atoms with E-state index in [-0.39, 0.29) is 0 Å². The summed E-state index contributed by atoms with van der Waals surface area (Å²) >= 11 is 0. The Balaban J connectivity index is 2.30. The smallest absolute Gasteiger partial charge is 0.245 e. The number of hydrogen-bond donors (Lipinski definition) is 0. The molecule has 0 spiro atoms. The van der Waals surface area contributed by atoms with E-state index < -0.39 is 0 Å². The van der Waals surface area contributed by atoms with Gasteiger partial charge in [-0.15, -0.1) is 15.0 Å². The second-order valence-corrected chi connectivity index (χ2v) is 1.38. The molecule has 1 radical (unpaired) electrons. The Morgan fingerprint density at radius 1 is 1.67 bits per heavy atom.